The predicted molar refractivity (Wildman–Crippen MR) is 81.5 cm³/mol. The summed E-state index contributed by atoms with van der Waals surface area (Å²) in [6, 6.07) is 2.11. The lowest BCUT2D eigenvalue weighted by atomic mass is 9.95. The van der Waals surface area contributed by atoms with Crippen LogP contribution in [0.3, 0.4) is 0 Å². The fraction of sp³-hybridized carbons (Fsp3) is 0.333. The molecule has 1 aromatic heterocycles. The summed E-state index contributed by atoms with van der Waals surface area (Å²) < 4.78 is 38.9. The van der Waals surface area contributed by atoms with E-state index >= 15 is 0 Å². The topological polar surface area (TPSA) is 91.2 Å². The number of allylic oxidation sites excluding steroid dienone is 1. The molecular formula is C15H15F2N5O3. The number of carbonyl (C=O) groups is 1. The van der Waals surface area contributed by atoms with Crippen LogP contribution in [0.2, 0.25) is 0 Å². The number of methoxy groups -OCH3 is 1. The Morgan fingerprint density at radius 1 is 1.36 bits per heavy atom. The Balaban J connectivity index is 2.05. The van der Waals surface area contributed by atoms with Crippen LogP contribution in [0.15, 0.2) is 29.5 Å². The van der Waals surface area contributed by atoms with Crippen molar-refractivity contribution in [1.29, 1.82) is 0 Å². The zero-order valence-electron chi connectivity index (χ0n) is 13.5. The molecule has 0 aliphatic carbocycles. The number of esters is 1. The molecule has 132 valence electrons. The van der Waals surface area contributed by atoms with E-state index in [0.717, 1.165) is 12.1 Å². The lowest BCUT2D eigenvalue weighted by molar-refractivity contribution is -0.140. The first-order chi connectivity index (χ1) is 12.0. The monoisotopic (exact) mass is 351 g/mol. The zero-order chi connectivity index (χ0) is 18.0. The summed E-state index contributed by atoms with van der Waals surface area (Å²) in [5, 5.41) is 14.0. The van der Waals surface area contributed by atoms with Crippen molar-refractivity contribution in [2.45, 2.75) is 13.0 Å². The van der Waals surface area contributed by atoms with Crippen LogP contribution in [0.25, 0.3) is 0 Å². The molecule has 25 heavy (non-hydrogen) atoms. The van der Waals surface area contributed by atoms with Gasteiger partial charge in [0.2, 0.25) is 5.95 Å². The van der Waals surface area contributed by atoms with Crippen LogP contribution in [0.5, 0.6) is 0 Å². The smallest absolute Gasteiger partial charge is 0.338 e. The van der Waals surface area contributed by atoms with E-state index in [0.29, 0.717) is 5.70 Å². The van der Waals surface area contributed by atoms with Gasteiger partial charge in [0, 0.05) is 24.4 Å². The van der Waals surface area contributed by atoms with Crippen LogP contribution >= 0.6 is 0 Å². The Kier molecular flexibility index (Phi) is 4.70. The molecule has 1 atom stereocenters. The first-order valence-corrected chi connectivity index (χ1v) is 7.39. The molecule has 0 amide bonds. The van der Waals surface area contributed by atoms with E-state index < -0.39 is 23.6 Å². The van der Waals surface area contributed by atoms with Crippen molar-refractivity contribution in [3.63, 3.8) is 0 Å². The summed E-state index contributed by atoms with van der Waals surface area (Å²) in [6.45, 7) is 1.88. The Hall–Kier alpha value is -2.88. The number of aromatic nitrogens is 4. The van der Waals surface area contributed by atoms with Crippen LogP contribution in [0.1, 0.15) is 18.5 Å². The molecule has 1 N–H and O–H groups in total. The Morgan fingerprint density at radius 3 is 2.88 bits per heavy atom. The zero-order valence-corrected chi connectivity index (χ0v) is 13.5. The number of carbonyl (C=O) groups excluding carboxylic acids is 1. The van der Waals surface area contributed by atoms with Crippen LogP contribution in [0, 0.1) is 11.6 Å². The Labute approximate surface area is 141 Å². The fourth-order valence-electron chi connectivity index (χ4n) is 2.58. The maximum atomic E-state index is 14.4. The molecule has 0 fully saturated rings. The lowest BCUT2D eigenvalue weighted by Gasteiger charge is -2.27. The lowest BCUT2D eigenvalue weighted by Crippen LogP contribution is -2.30. The van der Waals surface area contributed by atoms with E-state index in [1.54, 1.807) is 6.92 Å². The average Bonchev–Trinajstić information content (AvgIpc) is 3.02. The molecule has 3 rings (SSSR count). The highest BCUT2D eigenvalue weighted by Crippen LogP contribution is 2.36. The number of halogens is 2. The predicted octanol–water partition coefficient (Wildman–Crippen LogP) is 1.43. The minimum absolute atomic E-state index is 0.0349. The molecule has 1 unspecified atom stereocenters. The second-order valence-electron chi connectivity index (χ2n) is 5.31. The summed E-state index contributed by atoms with van der Waals surface area (Å²) in [5.41, 5.74) is 0.592. The quantitative estimate of drug-likeness (QED) is 0.644. The summed E-state index contributed by atoms with van der Waals surface area (Å²) in [6.07, 6.45) is 0. The SMILES string of the molecule is COCCOC(=O)C1=C(C)Nc2nnnn2C1c1ccc(F)cc1F. The second kappa shape index (κ2) is 6.93. The number of anilines is 1. The second-order valence-corrected chi connectivity index (χ2v) is 5.31. The maximum absolute atomic E-state index is 14.4. The highest BCUT2D eigenvalue weighted by atomic mass is 19.1. The third-order valence-corrected chi connectivity index (χ3v) is 3.71. The standard InChI is InChI=1S/C15H15F2N5O3/c1-8-12(14(23)25-6-5-24-2)13(22-15(18-8)19-20-21-22)10-4-3-9(16)7-11(10)17/h3-4,7,13H,5-6H2,1-2H3,(H,18,19,21). The molecule has 0 saturated carbocycles. The van der Waals surface area contributed by atoms with Gasteiger partial charge in [0.1, 0.15) is 24.3 Å². The van der Waals surface area contributed by atoms with E-state index in [2.05, 4.69) is 20.8 Å². The number of fused-ring (bicyclic) bond motifs is 1. The van der Waals surface area contributed by atoms with Crippen molar-refractivity contribution in [2.24, 2.45) is 0 Å². The number of ether oxygens (including phenoxy) is 2. The number of nitrogens with zero attached hydrogens (tertiary/aromatic N) is 4. The molecule has 2 aromatic rings. The first-order valence-electron chi connectivity index (χ1n) is 7.39. The number of tetrazole rings is 1. The van der Waals surface area contributed by atoms with Crippen LogP contribution in [0.4, 0.5) is 14.7 Å². The van der Waals surface area contributed by atoms with Gasteiger partial charge in [-0.05, 0) is 23.4 Å². The number of hydrogen-bond donors (Lipinski definition) is 1. The number of nitrogens with one attached hydrogen (secondary N) is 1. The average molecular weight is 351 g/mol. The number of hydrogen-bond acceptors (Lipinski definition) is 7. The van der Waals surface area contributed by atoms with E-state index in [9.17, 15) is 13.6 Å². The molecular weight excluding hydrogens is 336 g/mol. The molecule has 1 aromatic carbocycles. The van der Waals surface area contributed by atoms with Gasteiger partial charge in [-0.25, -0.2) is 13.6 Å². The largest absolute Gasteiger partial charge is 0.460 e. The molecule has 1 aliphatic rings. The number of rotatable bonds is 5. The van der Waals surface area contributed by atoms with Crippen molar-refractivity contribution in [1.82, 2.24) is 20.2 Å². The van der Waals surface area contributed by atoms with E-state index in [1.165, 1.54) is 17.9 Å². The molecule has 1 aliphatic heterocycles. The maximum Gasteiger partial charge on any atom is 0.338 e. The van der Waals surface area contributed by atoms with Gasteiger partial charge in [-0.2, -0.15) is 4.68 Å². The van der Waals surface area contributed by atoms with Crippen LogP contribution in [-0.2, 0) is 14.3 Å². The van der Waals surface area contributed by atoms with Gasteiger partial charge < -0.3 is 14.8 Å². The van der Waals surface area contributed by atoms with E-state index in [-0.39, 0.29) is 30.3 Å². The molecule has 0 bridgehead atoms. The van der Waals surface area contributed by atoms with Crippen LogP contribution in [-0.4, -0.2) is 46.5 Å². The van der Waals surface area contributed by atoms with Crippen molar-refractivity contribution < 1.29 is 23.0 Å². The Bertz CT molecular complexity index is 836. The van der Waals surface area contributed by atoms with E-state index in [1.807, 2.05) is 0 Å². The third kappa shape index (κ3) is 3.20. The highest BCUT2D eigenvalue weighted by molar-refractivity contribution is 5.92. The van der Waals surface area contributed by atoms with Crippen molar-refractivity contribution in [3.8, 4) is 0 Å². The minimum Gasteiger partial charge on any atom is -0.460 e. The molecule has 2 heterocycles. The summed E-state index contributed by atoms with van der Waals surface area (Å²) in [7, 11) is 1.48. The van der Waals surface area contributed by atoms with Gasteiger partial charge in [-0.15, -0.1) is 0 Å². The molecule has 10 heteroatoms. The van der Waals surface area contributed by atoms with Crippen LogP contribution < -0.4 is 5.32 Å². The van der Waals surface area contributed by atoms with Gasteiger partial charge in [0.25, 0.3) is 0 Å². The van der Waals surface area contributed by atoms with E-state index in [4.69, 9.17) is 9.47 Å². The summed E-state index contributed by atoms with van der Waals surface area (Å²) in [5.74, 6) is -1.98. The first kappa shape index (κ1) is 17.0. The summed E-state index contributed by atoms with van der Waals surface area (Å²) in [4.78, 5) is 12.5. The van der Waals surface area contributed by atoms with Gasteiger partial charge in [-0.1, -0.05) is 11.2 Å². The molecule has 8 nitrogen and oxygen atoms in total. The summed E-state index contributed by atoms with van der Waals surface area (Å²) >= 11 is 0. The number of benzene rings is 1. The van der Waals surface area contributed by atoms with Crippen molar-refractivity contribution >= 4 is 11.9 Å². The van der Waals surface area contributed by atoms with Crippen molar-refractivity contribution in [2.75, 3.05) is 25.6 Å². The highest BCUT2D eigenvalue weighted by Gasteiger charge is 2.36. The van der Waals surface area contributed by atoms with Gasteiger partial charge >= 0.3 is 5.97 Å². The minimum atomic E-state index is -0.984. The van der Waals surface area contributed by atoms with Crippen molar-refractivity contribution in [3.05, 3.63) is 46.7 Å². The Morgan fingerprint density at radius 2 is 2.16 bits per heavy atom. The van der Waals surface area contributed by atoms with Gasteiger partial charge in [-0.3, -0.25) is 0 Å². The normalized spacial score (nSPS) is 16.4. The van der Waals surface area contributed by atoms with Gasteiger partial charge in [0.05, 0.1) is 12.2 Å². The molecule has 0 spiro atoms. The van der Waals surface area contributed by atoms with Gasteiger partial charge in [0.15, 0.2) is 0 Å². The third-order valence-electron chi connectivity index (χ3n) is 3.71. The molecule has 0 radical (unpaired) electrons. The fourth-order valence-corrected chi connectivity index (χ4v) is 2.58. The molecule has 0 saturated heterocycles.